The van der Waals surface area contributed by atoms with Crippen LogP contribution < -0.4 is 15.6 Å². The molecule has 3 aromatic rings. The van der Waals surface area contributed by atoms with Crippen LogP contribution in [0.5, 0.6) is 5.75 Å². The molecule has 1 aromatic carbocycles. The van der Waals surface area contributed by atoms with Gasteiger partial charge in [0, 0.05) is 35.6 Å². The van der Waals surface area contributed by atoms with Crippen LogP contribution in [0.2, 0.25) is 0 Å². The van der Waals surface area contributed by atoms with E-state index in [0.717, 1.165) is 34.0 Å². The lowest BCUT2D eigenvalue weighted by atomic mass is 10.1. The minimum atomic E-state index is -0.264. The molecule has 0 atom stereocenters. The van der Waals surface area contributed by atoms with Crippen molar-refractivity contribution in [2.75, 3.05) is 5.32 Å². The summed E-state index contributed by atoms with van der Waals surface area (Å²) in [4.78, 5) is 23.5. The van der Waals surface area contributed by atoms with Gasteiger partial charge in [0.05, 0.1) is 0 Å². The molecule has 0 aliphatic heterocycles. The van der Waals surface area contributed by atoms with Gasteiger partial charge in [0.15, 0.2) is 0 Å². The molecule has 29 heavy (non-hydrogen) atoms. The van der Waals surface area contributed by atoms with Crippen LogP contribution in [0.1, 0.15) is 44.5 Å². The van der Waals surface area contributed by atoms with Crippen molar-refractivity contribution in [1.29, 1.82) is 0 Å². The molecule has 0 bridgehead atoms. The van der Waals surface area contributed by atoms with Crippen molar-refractivity contribution in [3.05, 3.63) is 69.8 Å². The van der Waals surface area contributed by atoms with Gasteiger partial charge in [0.25, 0.3) is 5.56 Å². The number of pyridine rings is 1. The molecular weight excluding hydrogens is 364 g/mol. The summed E-state index contributed by atoms with van der Waals surface area (Å²) >= 11 is 0. The Morgan fingerprint density at radius 2 is 1.93 bits per heavy atom. The molecule has 0 aliphatic rings. The summed E-state index contributed by atoms with van der Waals surface area (Å²) in [7, 11) is 0. The fourth-order valence-corrected chi connectivity index (χ4v) is 2.88. The summed E-state index contributed by atoms with van der Waals surface area (Å²) in [5, 5.41) is 3.34. The van der Waals surface area contributed by atoms with Crippen LogP contribution >= 0.6 is 0 Å². The molecule has 0 unspecified atom stereocenters. The van der Waals surface area contributed by atoms with Gasteiger partial charge in [-0.05, 0) is 57.9 Å². The highest BCUT2D eigenvalue weighted by atomic mass is 16.5. The summed E-state index contributed by atoms with van der Waals surface area (Å²) in [6.07, 6.45) is 2.42. The molecule has 0 spiro atoms. The Hall–Kier alpha value is -3.15. The lowest BCUT2D eigenvalue weighted by Crippen LogP contribution is -2.24. The number of benzene rings is 1. The Morgan fingerprint density at radius 3 is 2.59 bits per heavy atom. The molecule has 3 rings (SSSR count). The normalized spacial score (nSPS) is 11.3. The molecule has 0 saturated heterocycles. The summed E-state index contributed by atoms with van der Waals surface area (Å²) in [5.41, 5.74) is 3.34. The van der Waals surface area contributed by atoms with Crippen LogP contribution in [0.15, 0.2) is 47.4 Å². The molecule has 0 radical (unpaired) electrons. The fraction of sp³-hybridized carbons (Fsp3) is 0.348. The van der Waals surface area contributed by atoms with Crippen molar-refractivity contribution in [3.8, 4) is 17.1 Å². The Kier molecular flexibility index (Phi) is 6.01. The van der Waals surface area contributed by atoms with E-state index >= 15 is 0 Å². The highest BCUT2D eigenvalue weighted by molar-refractivity contribution is 5.56. The van der Waals surface area contributed by atoms with Gasteiger partial charge in [0.1, 0.15) is 23.0 Å². The average molecular weight is 393 g/mol. The number of aromatic amines is 1. The van der Waals surface area contributed by atoms with Gasteiger partial charge < -0.3 is 15.0 Å². The zero-order chi connectivity index (χ0) is 21.0. The maximum atomic E-state index is 11.8. The number of hydrogen-bond acceptors (Lipinski definition) is 5. The van der Waals surface area contributed by atoms with Gasteiger partial charge in [-0.25, -0.2) is 9.97 Å². The standard InChI is InChI=1S/C23H28N4O2/c1-6-18-12-21(28)27-22(26-18)17-9-10-20(25-14-17)24-13-16-8-7-15(2)11-19(16)29-23(3,4)5/h7-12,14H,6,13H2,1-5H3,(H,24,25)(H,26,27,28). The van der Waals surface area contributed by atoms with E-state index in [0.29, 0.717) is 18.8 Å². The average Bonchev–Trinajstić information content (AvgIpc) is 2.66. The number of nitrogens with one attached hydrogen (secondary N) is 2. The minimum Gasteiger partial charge on any atom is -0.488 e. The third kappa shape index (κ3) is 5.67. The van der Waals surface area contributed by atoms with Gasteiger partial charge in [-0.15, -0.1) is 0 Å². The maximum Gasteiger partial charge on any atom is 0.251 e. The molecule has 2 aromatic heterocycles. The summed E-state index contributed by atoms with van der Waals surface area (Å²) in [5.74, 6) is 2.15. The van der Waals surface area contributed by atoms with Crippen LogP contribution in [0.25, 0.3) is 11.4 Å². The highest BCUT2D eigenvalue weighted by Crippen LogP contribution is 2.25. The molecule has 2 N–H and O–H groups in total. The maximum absolute atomic E-state index is 11.8. The molecule has 0 aliphatic carbocycles. The summed E-state index contributed by atoms with van der Waals surface area (Å²) in [6.45, 7) is 10.7. The predicted octanol–water partition coefficient (Wildman–Crippen LogP) is 4.49. The van der Waals surface area contributed by atoms with E-state index in [2.05, 4.69) is 45.4 Å². The molecule has 0 amide bonds. The van der Waals surface area contributed by atoms with Crippen molar-refractivity contribution in [1.82, 2.24) is 15.0 Å². The van der Waals surface area contributed by atoms with Crippen molar-refractivity contribution >= 4 is 5.82 Å². The Labute approximate surface area is 171 Å². The molecule has 152 valence electrons. The zero-order valence-corrected chi connectivity index (χ0v) is 17.7. The number of ether oxygens (including phenoxy) is 1. The Balaban J connectivity index is 1.75. The van der Waals surface area contributed by atoms with Gasteiger partial charge in [0.2, 0.25) is 0 Å². The second-order valence-corrected chi connectivity index (χ2v) is 8.05. The Morgan fingerprint density at radius 1 is 1.14 bits per heavy atom. The minimum absolute atomic E-state index is 0.153. The van der Waals surface area contributed by atoms with E-state index in [9.17, 15) is 4.79 Å². The fourth-order valence-electron chi connectivity index (χ4n) is 2.88. The van der Waals surface area contributed by atoms with Crippen LogP contribution in [-0.2, 0) is 13.0 Å². The Bertz CT molecular complexity index is 1030. The SMILES string of the molecule is CCc1cc(=O)[nH]c(-c2ccc(NCc3ccc(C)cc3OC(C)(C)C)nc2)n1. The smallest absolute Gasteiger partial charge is 0.251 e. The topological polar surface area (TPSA) is 79.9 Å². The van der Waals surface area contributed by atoms with Crippen LogP contribution in [0.3, 0.4) is 0 Å². The molecule has 6 heteroatoms. The summed E-state index contributed by atoms with van der Waals surface area (Å²) in [6, 6.07) is 11.5. The molecule has 0 saturated carbocycles. The van der Waals surface area contributed by atoms with E-state index in [1.54, 1.807) is 6.20 Å². The molecular formula is C23H28N4O2. The van der Waals surface area contributed by atoms with Crippen LogP contribution in [0.4, 0.5) is 5.82 Å². The van der Waals surface area contributed by atoms with Crippen LogP contribution in [0, 0.1) is 6.92 Å². The van der Waals surface area contributed by atoms with Gasteiger partial charge >= 0.3 is 0 Å². The van der Waals surface area contributed by atoms with Gasteiger partial charge in [-0.2, -0.15) is 0 Å². The van der Waals surface area contributed by atoms with E-state index in [-0.39, 0.29) is 11.2 Å². The predicted molar refractivity (Wildman–Crippen MR) is 116 cm³/mol. The highest BCUT2D eigenvalue weighted by Gasteiger charge is 2.15. The number of anilines is 1. The summed E-state index contributed by atoms with van der Waals surface area (Å²) < 4.78 is 6.11. The van der Waals surface area contributed by atoms with Gasteiger partial charge in [-0.1, -0.05) is 19.1 Å². The largest absolute Gasteiger partial charge is 0.488 e. The molecule has 0 fully saturated rings. The van der Waals surface area contributed by atoms with Crippen molar-refractivity contribution in [2.24, 2.45) is 0 Å². The number of rotatable bonds is 6. The first-order valence-electron chi connectivity index (χ1n) is 9.82. The lowest BCUT2D eigenvalue weighted by Gasteiger charge is -2.24. The van der Waals surface area contributed by atoms with Crippen molar-refractivity contribution < 1.29 is 4.74 Å². The van der Waals surface area contributed by atoms with Crippen molar-refractivity contribution in [2.45, 2.75) is 53.2 Å². The number of aryl methyl sites for hydroxylation is 2. The number of hydrogen-bond donors (Lipinski definition) is 2. The van der Waals surface area contributed by atoms with Crippen LogP contribution in [-0.4, -0.2) is 20.6 Å². The second-order valence-electron chi connectivity index (χ2n) is 8.05. The molecule has 2 heterocycles. The third-order valence-corrected chi connectivity index (χ3v) is 4.29. The number of aromatic nitrogens is 3. The first-order valence-corrected chi connectivity index (χ1v) is 9.82. The van der Waals surface area contributed by atoms with E-state index in [1.165, 1.54) is 6.07 Å². The first kappa shape index (κ1) is 20.6. The van der Waals surface area contributed by atoms with E-state index in [4.69, 9.17) is 4.74 Å². The molecule has 6 nitrogen and oxygen atoms in total. The monoisotopic (exact) mass is 392 g/mol. The number of H-pyrrole nitrogens is 1. The zero-order valence-electron chi connectivity index (χ0n) is 17.7. The quantitative estimate of drug-likeness (QED) is 0.646. The number of nitrogens with zero attached hydrogens (tertiary/aromatic N) is 2. The van der Waals surface area contributed by atoms with E-state index in [1.807, 2.05) is 39.8 Å². The lowest BCUT2D eigenvalue weighted by molar-refractivity contribution is 0.129. The van der Waals surface area contributed by atoms with Gasteiger partial charge in [-0.3, -0.25) is 4.79 Å². The third-order valence-electron chi connectivity index (χ3n) is 4.29. The first-order chi connectivity index (χ1) is 13.7. The van der Waals surface area contributed by atoms with Crippen molar-refractivity contribution in [3.63, 3.8) is 0 Å². The second kappa shape index (κ2) is 8.47. The van der Waals surface area contributed by atoms with E-state index < -0.39 is 0 Å².